The highest BCUT2D eigenvalue weighted by Crippen LogP contribution is 2.20. The Labute approximate surface area is 139 Å². The van der Waals surface area contributed by atoms with E-state index in [4.69, 9.17) is 4.74 Å². The number of rotatable bonds is 7. The van der Waals surface area contributed by atoms with E-state index in [1.54, 1.807) is 0 Å². The summed E-state index contributed by atoms with van der Waals surface area (Å²) in [5.74, 6) is -0.304. The second-order valence-electron chi connectivity index (χ2n) is 4.98. The molecule has 3 nitrogen and oxygen atoms in total. The highest BCUT2D eigenvalue weighted by atomic mass is 16.5. The quantitative estimate of drug-likeness (QED) is 0.830. The van der Waals surface area contributed by atoms with Crippen molar-refractivity contribution in [3.8, 4) is 6.07 Å². The fourth-order valence-electron chi connectivity index (χ4n) is 2.18. The van der Waals surface area contributed by atoms with Gasteiger partial charge in [0.2, 0.25) is 0 Å². The van der Waals surface area contributed by atoms with E-state index in [9.17, 15) is 10.4 Å². The van der Waals surface area contributed by atoms with Gasteiger partial charge in [-0.25, -0.2) is 0 Å². The van der Waals surface area contributed by atoms with E-state index in [0.29, 0.717) is 13.0 Å². The first-order chi connectivity index (χ1) is 11.3. The summed E-state index contributed by atoms with van der Waals surface area (Å²) in [6, 6.07) is 21.6. The molecule has 23 heavy (non-hydrogen) atoms. The standard InChI is InChI=1S/C18H19NO2.C2H6/c19-12-17(16-9-5-2-6-10-16)11-18(20)14-21-13-15-7-3-1-4-8-15;1-2/h1-10,17-18,20H,11,13-14H2;1-2H3. The summed E-state index contributed by atoms with van der Waals surface area (Å²) in [5.41, 5.74) is 2.01. The van der Waals surface area contributed by atoms with E-state index < -0.39 is 6.10 Å². The molecular formula is C20H25NO2. The Morgan fingerprint density at radius 3 is 2.13 bits per heavy atom. The molecule has 0 saturated carbocycles. The third-order valence-electron chi connectivity index (χ3n) is 3.29. The van der Waals surface area contributed by atoms with E-state index in [1.807, 2.05) is 74.5 Å². The van der Waals surface area contributed by atoms with Crippen LogP contribution in [-0.4, -0.2) is 17.8 Å². The van der Waals surface area contributed by atoms with Gasteiger partial charge < -0.3 is 9.84 Å². The predicted octanol–water partition coefficient (Wildman–Crippen LogP) is 4.29. The van der Waals surface area contributed by atoms with Crippen LogP contribution in [0.2, 0.25) is 0 Å². The van der Waals surface area contributed by atoms with Crippen molar-refractivity contribution in [3.63, 3.8) is 0 Å². The third kappa shape index (κ3) is 7.10. The van der Waals surface area contributed by atoms with Crippen LogP contribution in [0.25, 0.3) is 0 Å². The molecule has 0 aliphatic heterocycles. The smallest absolute Gasteiger partial charge is 0.0789 e. The molecule has 0 saturated heterocycles. The molecule has 0 bridgehead atoms. The third-order valence-corrected chi connectivity index (χ3v) is 3.29. The molecule has 0 aliphatic rings. The average molecular weight is 311 g/mol. The Bertz CT molecular complexity index is 563. The monoisotopic (exact) mass is 311 g/mol. The van der Waals surface area contributed by atoms with Crippen molar-refractivity contribution >= 4 is 0 Å². The van der Waals surface area contributed by atoms with Gasteiger partial charge in [0.1, 0.15) is 0 Å². The van der Waals surface area contributed by atoms with Crippen molar-refractivity contribution in [3.05, 3.63) is 71.8 Å². The number of nitrogens with zero attached hydrogens (tertiary/aromatic N) is 1. The zero-order valence-corrected chi connectivity index (χ0v) is 13.9. The number of ether oxygens (including phenoxy) is 1. The summed E-state index contributed by atoms with van der Waals surface area (Å²) in [5, 5.41) is 19.2. The Kier molecular flexibility index (Phi) is 9.38. The van der Waals surface area contributed by atoms with Crippen molar-refractivity contribution in [1.82, 2.24) is 0 Å². The lowest BCUT2D eigenvalue weighted by Gasteiger charge is -2.15. The van der Waals surface area contributed by atoms with Gasteiger partial charge in [0.25, 0.3) is 0 Å². The van der Waals surface area contributed by atoms with Crippen LogP contribution in [0, 0.1) is 11.3 Å². The summed E-state index contributed by atoms with van der Waals surface area (Å²) in [7, 11) is 0. The second kappa shape index (κ2) is 11.4. The molecule has 0 amide bonds. The summed E-state index contributed by atoms with van der Waals surface area (Å²) in [6.45, 7) is 4.71. The molecule has 0 radical (unpaired) electrons. The van der Waals surface area contributed by atoms with Gasteiger partial charge >= 0.3 is 0 Å². The molecule has 1 N–H and O–H groups in total. The number of aliphatic hydroxyl groups is 1. The molecular weight excluding hydrogens is 286 g/mol. The first-order valence-electron chi connectivity index (χ1n) is 8.04. The number of benzene rings is 2. The number of hydrogen-bond acceptors (Lipinski definition) is 3. The highest BCUT2D eigenvalue weighted by molar-refractivity contribution is 5.24. The minimum atomic E-state index is -0.640. The maximum atomic E-state index is 10.0. The lowest BCUT2D eigenvalue weighted by atomic mass is 9.95. The van der Waals surface area contributed by atoms with Gasteiger partial charge in [-0.3, -0.25) is 0 Å². The van der Waals surface area contributed by atoms with Gasteiger partial charge in [-0.15, -0.1) is 0 Å². The first-order valence-corrected chi connectivity index (χ1v) is 8.04. The van der Waals surface area contributed by atoms with Crippen molar-refractivity contribution in [2.75, 3.05) is 6.61 Å². The number of nitriles is 1. The molecule has 2 rings (SSSR count). The van der Waals surface area contributed by atoms with Crippen molar-refractivity contribution in [1.29, 1.82) is 5.26 Å². The van der Waals surface area contributed by atoms with E-state index >= 15 is 0 Å². The highest BCUT2D eigenvalue weighted by Gasteiger charge is 2.16. The van der Waals surface area contributed by atoms with Gasteiger partial charge in [-0.2, -0.15) is 5.26 Å². The number of aliphatic hydroxyl groups excluding tert-OH is 1. The Morgan fingerprint density at radius 2 is 1.57 bits per heavy atom. The van der Waals surface area contributed by atoms with Gasteiger partial charge in [0, 0.05) is 0 Å². The Balaban J connectivity index is 0.00000127. The Hall–Kier alpha value is -2.15. The molecule has 0 fully saturated rings. The average Bonchev–Trinajstić information content (AvgIpc) is 2.63. The largest absolute Gasteiger partial charge is 0.391 e. The zero-order chi connectivity index (χ0) is 16.9. The maximum Gasteiger partial charge on any atom is 0.0789 e. The Morgan fingerprint density at radius 1 is 1.00 bits per heavy atom. The molecule has 0 aliphatic carbocycles. The predicted molar refractivity (Wildman–Crippen MR) is 92.9 cm³/mol. The minimum Gasteiger partial charge on any atom is -0.391 e. The van der Waals surface area contributed by atoms with Gasteiger partial charge in [0.15, 0.2) is 0 Å². The molecule has 0 heterocycles. The van der Waals surface area contributed by atoms with Crippen LogP contribution in [0.5, 0.6) is 0 Å². The maximum absolute atomic E-state index is 10.0. The van der Waals surface area contributed by atoms with Gasteiger partial charge in [-0.1, -0.05) is 74.5 Å². The zero-order valence-electron chi connectivity index (χ0n) is 13.9. The van der Waals surface area contributed by atoms with Crippen LogP contribution in [0.1, 0.15) is 37.3 Å². The molecule has 2 unspecified atom stereocenters. The summed E-state index contributed by atoms with van der Waals surface area (Å²) in [6.07, 6.45) is -0.256. The summed E-state index contributed by atoms with van der Waals surface area (Å²) in [4.78, 5) is 0. The van der Waals surface area contributed by atoms with Crippen LogP contribution in [0.15, 0.2) is 60.7 Å². The topological polar surface area (TPSA) is 53.2 Å². The van der Waals surface area contributed by atoms with E-state index in [2.05, 4.69) is 6.07 Å². The fourth-order valence-corrected chi connectivity index (χ4v) is 2.18. The van der Waals surface area contributed by atoms with Crippen molar-refractivity contribution in [2.45, 2.75) is 38.9 Å². The van der Waals surface area contributed by atoms with E-state index in [-0.39, 0.29) is 12.5 Å². The molecule has 122 valence electrons. The van der Waals surface area contributed by atoms with Crippen LogP contribution in [0.3, 0.4) is 0 Å². The summed E-state index contributed by atoms with van der Waals surface area (Å²) >= 11 is 0. The van der Waals surface area contributed by atoms with Crippen LogP contribution in [-0.2, 0) is 11.3 Å². The molecule has 2 atom stereocenters. The van der Waals surface area contributed by atoms with Crippen LogP contribution < -0.4 is 0 Å². The lowest BCUT2D eigenvalue weighted by molar-refractivity contribution is 0.0232. The second-order valence-corrected chi connectivity index (χ2v) is 4.98. The van der Waals surface area contributed by atoms with Gasteiger partial charge in [0.05, 0.1) is 31.3 Å². The number of hydrogen-bond donors (Lipinski definition) is 1. The molecule has 3 heteroatoms. The fraction of sp³-hybridized carbons (Fsp3) is 0.350. The summed E-state index contributed by atoms with van der Waals surface area (Å²) < 4.78 is 5.50. The van der Waals surface area contributed by atoms with Gasteiger partial charge in [-0.05, 0) is 17.5 Å². The minimum absolute atomic E-state index is 0.236. The lowest BCUT2D eigenvalue weighted by Crippen LogP contribution is -2.18. The molecule has 0 spiro atoms. The molecule has 0 aromatic heterocycles. The normalized spacial score (nSPS) is 12.4. The SMILES string of the molecule is CC.N#CC(CC(O)COCc1ccccc1)c1ccccc1. The molecule has 2 aromatic rings. The van der Waals surface area contributed by atoms with Crippen molar-refractivity contribution < 1.29 is 9.84 Å². The van der Waals surface area contributed by atoms with Crippen LogP contribution >= 0.6 is 0 Å². The van der Waals surface area contributed by atoms with E-state index in [0.717, 1.165) is 11.1 Å². The van der Waals surface area contributed by atoms with Crippen molar-refractivity contribution in [2.24, 2.45) is 0 Å². The first kappa shape index (κ1) is 18.9. The van der Waals surface area contributed by atoms with E-state index in [1.165, 1.54) is 0 Å². The van der Waals surface area contributed by atoms with Crippen LogP contribution in [0.4, 0.5) is 0 Å². The molecule has 2 aromatic carbocycles.